The van der Waals surface area contributed by atoms with Gasteiger partial charge in [-0.05, 0) is 35.9 Å². The minimum Gasteiger partial charge on any atom is -0.506 e. The van der Waals surface area contributed by atoms with Gasteiger partial charge < -0.3 is 19.9 Å². The van der Waals surface area contributed by atoms with E-state index in [9.17, 15) is 18.3 Å². The number of nitrogens with one attached hydrogen (secondary N) is 1. The van der Waals surface area contributed by atoms with E-state index in [1.165, 1.54) is 39.3 Å². The molecule has 7 nitrogen and oxygen atoms in total. The van der Waals surface area contributed by atoms with Gasteiger partial charge in [-0.15, -0.1) is 0 Å². The van der Waals surface area contributed by atoms with Crippen molar-refractivity contribution in [1.82, 2.24) is 0 Å². The number of rotatable bonds is 7. The van der Waals surface area contributed by atoms with E-state index >= 15 is 0 Å². The van der Waals surface area contributed by atoms with Gasteiger partial charge in [-0.1, -0.05) is 22.9 Å². The Kier molecular flexibility index (Phi) is 6.72. The van der Waals surface area contributed by atoms with E-state index in [0.717, 1.165) is 0 Å². The number of hydrogen-bond donors (Lipinski definition) is 2. The number of carbonyl (C=O) groups is 1. The van der Waals surface area contributed by atoms with E-state index < -0.39 is 15.7 Å². The summed E-state index contributed by atoms with van der Waals surface area (Å²) in [4.78, 5) is 12.4. The van der Waals surface area contributed by atoms with Crippen LogP contribution in [-0.2, 0) is 21.1 Å². The fourth-order valence-electron chi connectivity index (χ4n) is 2.37. The maximum atomic E-state index is 12.4. The molecule has 0 spiro atoms. The molecule has 0 unspecified atom stereocenters. The highest BCUT2D eigenvalue weighted by Gasteiger charge is 2.17. The Morgan fingerprint density at radius 3 is 2.37 bits per heavy atom. The number of hydrogen-bond acceptors (Lipinski definition) is 6. The summed E-state index contributed by atoms with van der Waals surface area (Å²) in [6.07, 6.45) is -0.0227. The number of methoxy groups -OCH3 is 2. The van der Waals surface area contributed by atoms with Gasteiger partial charge in [-0.2, -0.15) is 0 Å². The summed E-state index contributed by atoms with van der Waals surface area (Å²) in [6.45, 7) is 1.52. The number of benzene rings is 2. The van der Waals surface area contributed by atoms with Crippen molar-refractivity contribution in [2.24, 2.45) is 0 Å². The van der Waals surface area contributed by atoms with Crippen LogP contribution in [0.4, 0.5) is 5.69 Å². The Bertz CT molecular complexity index is 959. The fraction of sp³-hybridized carbons (Fsp3) is 0.278. The Morgan fingerprint density at radius 2 is 1.78 bits per heavy atom. The van der Waals surface area contributed by atoms with Crippen LogP contribution < -0.4 is 14.8 Å². The lowest BCUT2D eigenvalue weighted by atomic mass is 10.1. The van der Waals surface area contributed by atoms with Crippen molar-refractivity contribution in [3.63, 3.8) is 0 Å². The highest BCUT2D eigenvalue weighted by atomic mass is 79.9. The fourth-order valence-corrected chi connectivity index (χ4v) is 3.74. The van der Waals surface area contributed by atoms with Crippen LogP contribution in [0.2, 0.25) is 0 Å². The lowest BCUT2D eigenvalue weighted by Crippen LogP contribution is -2.15. The Labute approximate surface area is 166 Å². The second-order valence-corrected chi connectivity index (χ2v) is 8.74. The molecule has 2 rings (SSSR count). The van der Waals surface area contributed by atoms with Crippen molar-refractivity contribution in [1.29, 1.82) is 0 Å². The van der Waals surface area contributed by atoms with E-state index in [4.69, 9.17) is 9.47 Å². The summed E-state index contributed by atoms with van der Waals surface area (Å²) in [5.41, 5.74) is 0.674. The molecule has 0 aliphatic rings. The zero-order valence-electron chi connectivity index (χ0n) is 15.1. The number of phenolic OH excluding ortho intramolecular Hbond substituents is 1. The summed E-state index contributed by atoms with van der Waals surface area (Å²) in [6, 6.07) is 7.14. The number of aromatic hydroxyl groups is 1. The standard InChI is InChI=1S/C18H20BrNO6S/c1-4-27(23,24)12-5-6-15(21)14(9-12)20-18(22)8-11-7-16(25-2)17(26-3)10-13(11)19/h5-7,9-10,21H,4,8H2,1-3H3,(H,20,22). The first-order valence-corrected chi connectivity index (χ1v) is 10.4. The van der Waals surface area contributed by atoms with Crippen LogP contribution in [0.5, 0.6) is 17.2 Å². The quantitative estimate of drug-likeness (QED) is 0.619. The lowest BCUT2D eigenvalue weighted by molar-refractivity contribution is -0.115. The zero-order chi connectivity index (χ0) is 20.2. The van der Waals surface area contributed by atoms with E-state index in [2.05, 4.69) is 21.2 Å². The summed E-state index contributed by atoms with van der Waals surface area (Å²) in [5, 5.41) is 12.5. The van der Waals surface area contributed by atoms with Crippen molar-refractivity contribution in [3.8, 4) is 17.2 Å². The Morgan fingerprint density at radius 1 is 1.15 bits per heavy atom. The van der Waals surface area contributed by atoms with Gasteiger partial charge in [0, 0.05) is 4.47 Å². The van der Waals surface area contributed by atoms with Crippen LogP contribution >= 0.6 is 15.9 Å². The van der Waals surface area contributed by atoms with E-state index in [1.807, 2.05) is 0 Å². The number of phenols is 1. The normalized spacial score (nSPS) is 11.1. The molecule has 27 heavy (non-hydrogen) atoms. The molecule has 0 aromatic heterocycles. The average molecular weight is 458 g/mol. The molecule has 0 aliphatic heterocycles. The molecule has 146 valence electrons. The predicted octanol–water partition coefficient (Wildman–Crippen LogP) is 3.15. The van der Waals surface area contributed by atoms with Gasteiger partial charge >= 0.3 is 0 Å². The molecular formula is C18H20BrNO6S. The number of halogens is 1. The molecule has 2 aromatic rings. The molecule has 0 radical (unpaired) electrons. The van der Waals surface area contributed by atoms with Gasteiger partial charge in [-0.3, -0.25) is 4.79 Å². The summed E-state index contributed by atoms with van der Waals surface area (Å²) < 4.78 is 35.1. The highest BCUT2D eigenvalue weighted by Crippen LogP contribution is 2.34. The summed E-state index contributed by atoms with van der Waals surface area (Å²) in [7, 11) is -0.452. The molecule has 0 heterocycles. The predicted molar refractivity (Wildman–Crippen MR) is 105 cm³/mol. The molecular weight excluding hydrogens is 438 g/mol. The molecule has 1 amide bonds. The van der Waals surface area contributed by atoms with Gasteiger partial charge in [0.25, 0.3) is 0 Å². The van der Waals surface area contributed by atoms with Crippen molar-refractivity contribution in [3.05, 3.63) is 40.4 Å². The number of carbonyl (C=O) groups excluding carboxylic acids is 1. The van der Waals surface area contributed by atoms with Crippen LogP contribution in [0.25, 0.3) is 0 Å². The second kappa shape index (κ2) is 8.62. The molecule has 0 aliphatic carbocycles. The SMILES string of the molecule is CCS(=O)(=O)c1ccc(O)c(NC(=O)Cc2cc(OC)c(OC)cc2Br)c1. The molecule has 2 N–H and O–H groups in total. The molecule has 0 fully saturated rings. The third kappa shape index (κ3) is 4.92. The maximum absolute atomic E-state index is 12.4. The number of sulfone groups is 1. The molecule has 0 saturated carbocycles. The first-order valence-electron chi connectivity index (χ1n) is 7.97. The average Bonchev–Trinajstić information content (AvgIpc) is 2.64. The number of ether oxygens (including phenoxy) is 2. The van der Waals surface area contributed by atoms with Crippen LogP contribution in [-0.4, -0.2) is 39.4 Å². The summed E-state index contributed by atoms with van der Waals surface area (Å²) in [5.74, 6) is 0.268. The number of anilines is 1. The van der Waals surface area contributed by atoms with Crippen molar-refractivity contribution in [2.45, 2.75) is 18.2 Å². The van der Waals surface area contributed by atoms with Crippen LogP contribution in [0.3, 0.4) is 0 Å². The van der Waals surface area contributed by atoms with Gasteiger partial charge in [-0.25, -0.2) is 8.42 Å². The highest BCUT2D eigenvalue weighted by molar-refractivity contribution is 9.10. The van der Waals surface area contributed by atoms with Crippen LogP contribution in [0, 0.1) is 0 Å². The first-order chi connectivity index (χ1) is 12.7. The van der Waals surface area contributed by atoms with Crippen molar-refractivity contribution >= 4 is 37.4 Å². The minimum absolute atomic E-state index is 0.0227. The van der Waals surface area contributed by atoms with Crippen LogP contribution in [0.1, 0.15) is 12.5 Å². The zero-order valence-corrected chi connectivity index (χ0v) is 17.5. The molecule has 0 atom stereocenters. The first kappa shape index (κ1) is 21.0. The third-order valence-corrected chi connectivity index (χ3v) is 6.36. The van der Waals surface area contributed by atoms with Gasteiger partial charge in [0.15, 0.2) is 21.3 Å². The Balaban J connectivity index is 2.25. The topological polar surface area (TPSA) is 102 Å². The Hall–Kier alpha value is -2.26. The molecule has 9 heteroatoms. The molecule has 0 bridgehead atoms. The van der Waals surface area contributed by atoms with E-state index in [1.54, 1.807) is 12.1 Å². The van der Waals surface area contributed by atoms with E-state index in [0.29, 0.717) is 21.5 Å². The molecule has 0 saturated heterocycles. The molecule has 2 aromatic carbocycles. The van der Waals surface area contributed by atoms with E-state index in [-0.39, 0.29) is 28.5 Å². The monoisotopic (exact) mass is 457 g/mol. The van der Waals surface area contributed by atoms with Crippen molar-refractivity contribution in [2.75, 3.05) is 25.3 Å². The van der Waals surface area contributed by atoms with Gasteiger partial charge in [0.2, 0.25) is 5.91 Å². The largest absolute Gasteiger partial charge is 0.506 e. The third-order valence-electron chi connectivity index (χ3n) is 3.88. The number of amides is 1. The summed E-state index contributed by atoms with van der Waals surface area (Å²) >= 11 is 3.38. The maximum Gasteiger partial charge on any atom is 0.228 e. The minimum atomic E-state index is -3.46. The smallest absolute Gasteiger partial charge is 0.228 e. The second-order valence-electron chi connectivity index (χ2n) is 5.61. The van der Waals surface area contributed by atoms with Crippen molar-refractivity contribution < 1.29 is 27.8 Å². The lowest BCUT2D eigenvalue weighted by Gasteiger charge is -2.13. The van der Waals surface area contributed by atoms with Gasteiger partial charge in [0.05, 0.1) is 37.0 Å². The van der Waals surface area contributed by atoms with Gasteiger partial charge in [0.1, 0.15) is 5.75 Å². The van der Waals surface area contributed by atoms with Crippen LogP contribution in [0.15, 0.2) is 39.7 Å².